The van der Waals surface area contributed by atoms with Crippen molar-refractivity contribution in [3.8, 4) is 5.75 Å². The highest BCUT2D eigenvalue weighted by atomic mass is 19.1. The molecule has 4 heteroatoms. The number of phenolic OH excluding ortho intramolecular Hbond substituents is 1. The van der Waals surface area contributed by atoms with Crippen LogP contribution in [-0.2, 0) is 13.1 Å². The maximum atomic E-state index is 13.2. The van der Waals surface area contributed by atoms with Gasteiger partial charge in [-0.05, 0) is 53.9 Å². The van der Waals surface area contributed by atoms with Crippen molar-refractivity contribution in [3.63, 3.8) is 0 Å². The normalized spacial score (nSPS) is 17.9. The summed E-state index contributed by atoms with van der Waals surface area (Å²) in [7, 11) is 0. The van der Waals surface area contributed by atoms with E-state index < -0.39 is 0 Å². The molecular weight excluding hydrogens is 315 g/mol. The molecule has 4 rings (SSSR count). The van der Waals surface area contributed by atoms with Crippen molar-refractivity contribution in [1.29, 1.82) is 0 Å². The fraction of sp³-hybridized carbons (Fsp3) is 0.238. The molecule has 3 nitrogen and oxygen atoms in total. The first kappa shape index (κ1) is 15.9. The zero-order chi connectivity index (χ0) is 17.2. The Hall–Kier alpha value is -2.59. The van der Waals surface area contributed by atoms with Crippen molar-refractivity contribution in [2.45, 2.75) is 25.6 Å². The van der Waals surface area contributed by atoms with Crippen LogP contribution in [0.25, 0.3) is 0 Å². The lowest BCUT2D eigenvalue weighted by Crippen LogP contribution is -2.29. The highest BCUT2D eigenvalue weighted by Gasteiger charge is 2.27. The van der Waals surface area contributed by atoms with Crippen molar-refractivity contribution in [2.75, 3.05) is 6.54 Å². The van der Waals surface area contributed by atoms with Crippen LogP contribution in [0.5, 0.6) is 5.75 Å². The second-order valence-electron chi connectivity index (χ2n) is 6.57. The van der Waals surface area contributed by atoms with E-state index in [2.05, 4.69) is 33.9 Å². The number of phenols is 1. The largest absolute Gasteiger partial charge is 0.508 e. The molecule has 0 amide bonds. The minimum Gasteiger partial charge on any atom is -0.508 e. The zero-order valence-electron chi connectivity index (χ0n) is 14.0. The number of aromatic hydroxyl groups is 1. The molecule has 2 aromatic carbocycles. The number of benzene rings is 2. The van der Waals surface area contributed by atoms with Crippen LogP contribution in [0.2, 0.25) is 0 Å². The molecule has 128 valence electrons. The number of fused-ring (bicyclic) bond motifs is 1. The molecule has 1 atom stereocenters. The third kappa shape index (κ3) is 3.30. The number of aromatic nitrogens is 1. The number of aryl methyl sites for hydroxylation is 1. The predicted octanol–water partition coefficient (Wildman–Crippen LogP) is 4.33. The third-order valence-corrected chi connectivity index (χ3v) is 4.84. The second-order valence-corrected chi connectivity index (χ2v) is 6.57. The zero-order valence-corrected chi connectivity index (χ0v) is 14.0. The van der Waals surface area contributed by atoms with E-state index in [1.54, 1.807) is 6.07 Å². The molecule has 0 saturated heterocycles. The molecule has 0 aliphatic carbocycles. The van der Waals surface area contributed by atoms with Gasteiger partial charge < -0.3 is 9.67 Å². The molecule has 3 aromatic rings. The topological polar surface area (TPSA) is 28.4 Å². The van der Waals surface area contributed by atoms with Gasteiger partial charge >= 0.3 is 0 Å². The van der Waals surface area contributed by atoms with Crippen LogP contribution < -0.4 is 0 Å². The molecule has 0 fully saturated rings. The molecular formula is C21H21FN2O. The minimum atomic E-state index is -0.210. The lowest BCUT2D eigenvalue weighted by atomic mass is 10.0. The van der Waals surface area contributed by atoms with Gasteiger partial charge in [-0.3, -0.25) is 4.90 Å². The fourth-order valence-corrected chi connectivity index (χ4v) is 3.71. The average Bonchev–Trinajstić information content (AvgIpc) is 2.98. The molecule has 25 heavy (non-hydrogen) atoms. The number of nitrogens with zero attached hydrogens (tertiary/aromatic N) is 2. The van der Waals surface area contributed by atoms with Gasteiger partial charge in [0.2, 0.25) is 0 Å². The van der Waals surface area contributed by atoms with Crippen LogP contribution >= 0.6 is 0 Å². The predicted molar refractivity (Wildman–Crippen MR) is 95.8 cm³/mol. The Kier molecular flexibility index (Phi) is 4.28. The number of hydrogen-bond acceptors (Lipinski definition) is 2. The summed E-state index contributed by atoms with van der Waals surface area (Å²) in [4.78, 5) is 2.40. The second kappa shape index (κ2) is 6.73. The van der Waals surface area contributed by atoms with E-state index in [1.165, 1.54) is 17.8 Å². The first-order valence-electron chi connectivity index (χ1n) is 8.63. The minimum absolute atomic E-state index is 0.0645. The molecule has 0 radical (unpaired) electrons. The van der Waals surface area contributed by atoms with Gasteiger partial charge in [-0.25, -0.2) is 4.39 Å². The van der Waals surface area contributed by atoms with Gasteiger partial charge in [0.05, 0.1) is 6.04 Å². The van der Waals surface area contributed by atoms with Crippen molar-refractivity contribution < 1.29 is 9.50 Å². The third-order valence-electron chi connectivity index (χ3n) is 4.84. The summed E-state index contributed by atoms with van der Waals surface area (Å²) in [6.07, 6.45) is 3.17. The monoisotopic (exact) mass is 336 g/mol. The quantitative estimate of drug-likeness (QED) is 0.771. The van der Waals surface area contributed by atoms with E-state index in [-0.39, 0.29) is 17.6 Å². The van der Waals surface area contributed by atoms with Gasteiger partial charge in [-0.15, -0.1) is 0 Å². The van der Waals surface area contributed by atoms with Crippen LogP contribution in [0.4, 0.5) is 4.39 Å². The summed E-state index contributed by atoms with van der Waals surface area (Å²) < 4.78 is 15.5. The van der Waals surface area contributed by atoms with Gasteiger partial charge in [0, 0.05) is 31.5 Å². The maximum Gasteiger partial charge on any atom is 0.123 e. The summed E-state index contributed by atoms with van der Waals surface area (Å²) in [6.45, 7) is 2.67. The highest BCUT2D eigenvalue weighted by Crippen LogP contribution is 2.34. The number of hydrogen-bond donors (Lipinski definition) is 1. The number of rotatable bonds is 3. The van der Waals surface area contributed by atoms with Gasteiger partial charge in [-0.1, -0.05) is 24.3 Å². The van der Waals surface area contributed by atoms with E-state index in [0.29, 0.717) is 0 Å². The fourth-order valence-electron chi connectivity index (χ4n) is 3.71. The summed E-state index contributed by atoms with van der Waals surface area (Å²) in [5.41, 5.74) is 3.39. The molecule has 1 aliphatic heterocycles. The molecule has 1 aliphatic rings. The first-order chi connectivity index (χ1) is 12.2. The Morgan fingerprint density at radius 3 is 2.64 bits per heavy atom. The first-order valence-corrected chi connectivity index (χ1v) is 8.63. The SMILES string of the molecule is Oc1cccc([C@H]2c3cccn3CCCN2Cc2ccc(F)cc2)c1. The van der Waals surface area contributed by atoms with E-state index >= 15 is 0 Å². The van der Waals surface area contributed by atoms with Crippen LogP contribution in [0.15, 0.2) is 66.9 Å². The highest BCUT2D eigenvalue weighted by molar-refractivity contribution is 5.35. The van der Waals surface area contributed by atoms with Crippen molar-refractivity contribution >= 4 is 0 Å². The lowest BCUT2D eigenvalue weighted by Gasteiger charge is -2.30. The van der Waals surface area contributed by atoms with Gasteiger partial charge in [0.25, 0.3) is 0 Å². The van der Waals surface area contributed by atoms with E-state index in [4.69, 9.17) is 0 Å². The summed E-state index contributed by atoms with van der Waals surface area (Å²) >= 11 is 0. The Labute approximate surface area is 147 Å². The van der Waals surface area contributed by atoms with E-state index in [9.17, 15) is 9.50 Å². The summed E-state index contributed by atoms with van der Waals surface area (Å²) in [5.74, 6) is 0.0691. The molecule has 0 spiro atoms. The smallest absolute Gasteiger partial charge is 0.123 e. The summed E-state index contributed by atoms with van der Waals surface area (Å²) in [5, 5.41) is 9.95. The van der Waals surface area contributed by atoms with Crippen molar-refractivity contribution in [3.05, 3.63) is 89.5 Å². The Morgan fingerprint density at radius 2 is 1.84 bits per heavy atom. The Balaban J connectivity index is 1.74. The number of halogens is 1. The van der Waals surface area contributed by atoms with Crippen LogP contribution in [0, 0.1) is 5.82 Å². The van der Waals surface area contributed by atoms with Gasteiger partial charge in [0.15, 0.2) is 0 Å². The van der Waals surface area contributed by atoms with Gasteiger partial charge in [-0.2, -0.15) is 0 Å². The lowest BCUT2D eigenvalue weighted by molar-refractivity contribution is 0.220. The molecule has 0 saturated carbocycles. The Bertz CT molecular complexity index is 856. The molecule has 0 unspecified atom stereocenters. The molecule has 2 heterocycles. The van der Waals surface area contributed by atoms with Crippen molar-refractivity contribution in [1.82, 2.24) is 9.47 Å². The molecule has 1 aromatic heterocycles. The Morgan fingerprint density at radius 1 is 1.00 bits per heavy atom. The summed E-state index contributed by atoms with van der Waals surface area (Å²) in [6, 6.07) is 18.5. The molecule has 1 N–H and O–H groups in total. The van der Waals surface area contributed by atoms with E-state index in [1.807, 2.05) is 24.3 Å². The molecule has 0 bridgehead atoms. The van der Waals surface area contributed by atoms with Crippen LogP contribution in [0.1, 0.15) is 29.3 Å². The van der Waals surface area contributed by atoms with Crippen LogP contribution in [-0.4, -0.2) is 21.1 Å². The van der Waals surface area contributed by atoms with Gasteiger partial charge in [0.1, 0.15) is 11.6 Å². The van der Waals surface area contributed by atoms with E-state index in [0.717, 1.165) is 37.2 Å². The standard InChI is InChI=1S/C21H21FN2O/c22-18-9-7-16(8-10-18)15-24-13-3-12-23-11-2-6-20(23)21(24)17-4-1-5-19(25)14-17/h1-2,4-11,14,21,25H,3,12-13,15H2/t21-/m0/s1. The average molecular weight is 336 g/mol. The van der Waals surface area contributed by atoms with Crippen LogP contribution in [0.3, 0.4) is 0 Å². The van der Waals surface area contributed by atoms with Crippen molar-refractivity contribution in [2.24, 2.45) is 0 Å². The maximum absolute atomic E-state index is 13.2.